The molecule has 0 rings (SSSR count). The Hall–Kier alpha value is 1.14. The van der Waals surface area contributed by atoms with Gasteiger partial charge in [0.15, 0.2) is 0 Å². The Morgan fingerprint density at radius 3 is 1.29 bits per heavy atom. The summed E-state index contributed by atoms with van der Waals surface area (Å²) >= 11 is 0. The van der Waals surface area contributed by atoms with Crippen LogP contribution >= 0.6 is 17.7 Å². The Bertz CT molecular complexity index is 60.2. The van der Waals surface area contributed by atoms with Gasteiger partial charge >= 0.3 is 26.7 Å². The molecule has 7 heavy (non-hydrogen) atoms. The van der Waals surface area contributed by atoms with E-state index >= 15 is 0 Å². The summed E-state index contributed by atoms with van der Waals surface area (Å²) in [4.78, 5) is 21.6. The minimum Gasteiger partial charge on any atom is -1.00 e. The van der Waals surface area contributed by atoms with Gasteiger partial charge < -0.3 is 16.1 Å². The summed E-state index contributed by atoms with van der Waals surface area (Å²) in [7, 11) is -4.64. The molecule has 0 saturated carbocycles. The van der Waals surface area contributed by atoms with Crippen LogP contribution in [0, 0.1) is 0 Å². The van der Waals surface area contributed by atoms with Crippen LogP contribution in [0.5, 0.6) is 0 Å². The number of hydrogen-bond donors (Lipinski definition) is 3. The van der Waals surface area contributed by atoms with Crippen LogP contribution in [-0.2, 0) is 4.57 Å². The van der Waals surface area contributed by atoms with E-state index in [-0.39, 0.29) is 30.2 Å². The summed E-state index contributed by atoms with van der Waals surface area (Å²) in [5.41, 5.74) is 0. The average molecular weight is 140 g/mol. The van der Waals surface area contributed by atoms with Gasteiger partial charge in [-0.2, -0.15) is 9.90 Å². The molecular formula is H7LiO4P2. The Kier molecular flexibility index (Phi) is 11.8. The van der Waals surface area contributed by atoms with E-state index in [1.807, 2.05) is 0 Å². The van der Waals surface area contributed by atoms with Crippen molar-refractivity contribution in [2.24, 2.45) is 0 Å². The molecule has 0 aliphatic carbocycles. The van der Waals surface area contributed by atoms with Gasteiger partial charge in [0.25, 0.3) is 0 Å². The molecule has 0 aliphatic rings. The molecule has 0 amide bonds. The van der Waals surface area contributed by atoms with Crippen molar-refractivity contribution >= 4 is 17.7 Å². The molecule has 0 saturated heterocycles. The fourth-order valence-electron chi connectivity index (χ4n) is 0. The molecule has 0 radical (unpaired) electrons. The maximum absolute atomic E-state index is 8.88. The molecule has 0 spiro atoms. The normalized spacial score (nSPS) is 8.43. The molecule has 0 heterocycles. The third-order valence-electron chi connectivity index (χ3n) is 0. The van der Waals surface area contributed by atoms with Crippen molar-refractivity contribution in [3.63, 3.8) is 0 Å². The fourth-order valence-corrected chi connectivity index (χ4v) is 0. The van der Waals surface area contributed by atoms with Gasteiger partial charge in [0.05, 0.1) is 0 Å². The smallest absolute Gasteiger partial charge is 1.00 e. The molecule has 0 fully saturated rings. The van der Waals surface area contributed by atoms with E-state index in [0.29, 0.717) is 0 Å². The minimum absolute atomic E-state index is 0. The summed E-state index contributed by atoms with van der Waals surface area (Å²) in [6, 6.07) is 0. The second-order valence-corrected chi connectivity index (χ2v) is 1.54. The van der Waals surface area contributed by atoms with E-state index in [0.717, 1.165) is 0 Å². The van der Waals surface area contributed by atoms with Crippen LogP contribution in [-0.4, -0.2) is 14.7 Å². The summed E-state index contributed by atoms with van der Waals surface area (Å²) < 4.78 is 8.88. The Morgan fingerprint density at radius 1 is 1.29 bits per heavy atom. The molecular weight excluding hydrogens is 133 g/mol. The van der Waals surface area contributed by atoms with Crippen molar-refractivity contribution < 1.29 is 39.5 Å². The van der Waals surface area contributed by atoms with Gasteiger partial charge in [-0.25, -0.2) is 4.57 Å². The topological polar surface area (TPSA) is 77.8 Å². The van der Waals surface area contributed by atoms with Gasteiger partial charge in [0, 0.05) is 0 Å². The summed E-state index contributed by atoms with van der Waals surface area (Å²) in [5, 5.41) is 0. The van der Waals surface area contributed by atoms with Crippen LogP contribution < -0.4 is 18.9 Å². The van der Waals surface area contributed by atoms with E-state index in [1.54, 1.807) is 0 Å². The van der Waals surface area contributed by atoms with Gasteiger partial charge in [0.1, 0.15) is 0 Å². The quantitative estimate of drug-likeness (QED) is 0.238. The predicted molar refractivity (Wildman–Crippen MR) is 26.5 cm³/mol. The molecule has 42 valence electrons. The average Bonchev–Trinajstić information content (AvgIpc) is 0.722. The largest absolute Gasteiger partial charge is 1.00 e. The first-order chi connectivity index (χ1) is 2.00. The van der Waals surface area contributed by atoms with Gasteiger partial charge in [-0.3, -0.25) is 0 Å². The molecule has 0 bridgehead atoms. The van der Waals surface area contributed by atoms with Gasteiger partial charge in [0.2, 0.25) is 0 Å². The van der Waals surface area contributed by atoms with Gasteiger partial charge in [-0.15, -0.1) is 0 Å². The molecule has 1 atom stereocenters. The summed E-state index contributed by atoms with van der Waals surface area (Å²) in [6.45, 7) is 0. The molecule has 0 aromatic heterocycles. The zero-order chi connectivity index (χ0) is 4.50. The number of hydrogen-bond acceptors (Lipinski definition) is 1. The summed E-state index contributed by atoms with van der Waals surface area (Å²) in [6.07, 6.45) is 0. The second kappa shape index (κ2) is 5.28. The van der Waals surface area contributed by atoms with Crippen molar-refractivity contribution in [3.05, 3.63) is 0 Å². The maximum atomic E-state index is 8.88. The van der Waals surface area contributed by atoms with Crippen molar-refractivity contribution in [2.75, 3.05) is 0 Å². The van der Waals surface area contributed by atoms with Crippen LogP contribution in [0.4, 0.5) is 0 Å². The first kappa shape index (κ1) is 15.7. The Labute approximate surface area is 57.8 Å². The first-order valence-electron chi connectivity index (χ1n) is 0.783. The van der Waals surface area contributed by atoms with Crippen molar-refractivity contribution in [3.8, 4) is 0 Å². The molecule has 0 aromatic carbocycles. The van der Waals surface area contributed by atoms with E-state index in [1.165, 1.54) is 0 Å². The number of phosphoric acid groups is 1. The molecule has 0 aliphatic heterocycles. The third kappa shape index (κ3) is 146. The van der Waals surface area contributed by atoms with E-state index in [4.69, 9.17) is 19.2 Å². The third-order valence-corrected chi connectivity index (χ3v) is 0. The van der Waals surface area contributed by atoms with E-state index in [9.17, 15) is 0 Å². The zero-order valence-electron chi connectivity index (χ0n) is 4.90. The van der Waals surface area contributed by atoms with Crippen LogP contribution in [0.15, 0.2) is 0 Å². The van der Waals surface area contributed by atoms with Gasteiger partial charge in [-0.1, -0.05) is 0 Å². The van der Waals surface area contributed by atoms with Crippen LogP contribution in [0.3, 0.4) is 0 Å². The molecule has 3 N–H and O–H groups in total. The molecule has 7 heteroatoms. The minimum atomic E-state index is -4.64. The van der Waals surface area contributed by atoms with Crippen LogP contribution in [0.1, 0.15) is 1.43 Å². The molecule has 4 nitrogen and oxygen atoms in total. The van der Waals surface area contributed by atoms with Crippen LogP contribution in [0.2, 0.25) is 0 Å². The molecule has 0 aromatic rings. The van der Waals surface area contributed by atoms with Crippen LogP contribution in [0.25, 0.3) is 0 Å². The monoisotopic (exact) mass is 140 g/mol. The fraction of sp³-hybridized carbons (Fsp3) is 0. The summed E-state index contributed by atoms with van der Waals surface area (Å²) in [5.74, 6) is 0. The van der Waals surface area contributed by atoms with Gasteiger partial charge in [-0.05, 0) is 0 Å². The van der Waals surface area contributed by atoms with Crippen molar-refractivity contribution in [1.29, 1.82) is 0 Å². The molecule has 1 unspecified atom stereocenters. The standard InChI is InChI=1S/Li.H3O4P.H3P.H/c;1-5(2,3)4;;/h;(H3,1,2,3,4);1H3;/q+1;;;-1. The Balaban J connectivity index is -0.0000000267. The maximum Gasteiger partial charge on any atom is 1.00 e. The first-order valence-corrected chi connectivity index (χ1v) is 2.35. The zero-order valence-corrected chi connectivity index (χ0v) is 6.21. The van der Waals surface area contributed by atoms with E-state index < -0.39 is 7.82 Å². The Morgan fingerprint density at radius 2 is 1.29 bits per heavy atom. The van der Waals surface area contributed by atoms with Crippen molar-refractivity contribution in [1.82, 2.24) is 0 Å². The second-order valence-electron chi connectivity index (χ2n) is 0.513. The predicted octanol–water partition coefficient (Wildman–Crippen LogP) is -3.75. The number of rotatable bonds is 0. The van der Waals surface area contributed by atoms with Crippen molar-refractivity contribution in [2.45, 2.75) is 0 Å². The SMILES string of the molecule is O=P(O)(O)O.P.[H-].[Li+]. The van der Waals surface area contributed by atoms with E-state index in [2.05, 4.69) is 0 Å².